The summed E-state index contributed by atoms with van der Waals surface area (Å²) in [4.78, 5) is 12.5. The molecule has 2 aromatic heterocycles. The number of hydrogen-bond acceptors (Lipinski definition) is 5. The minimum atomic E-state index is -0.276. The number of amides is 1. The van der Waals surface area contributed by atoms with Gasteiger partial charge in [-0.3, -0.25) is 4.79 Å². The average molecular weight is 369 g/mol. The molecule has 140 valence electrons. The molecular formula is C20H20FN3O3. The maximum atomic E-state index is 13.3. The van der Waals surface area contributed by atoms with Gasteiger partial charge in [0.05, 0.1) is 12.8 Å². The van der Waals surface area contributed by atoms with Crippen LogP contribution in [0.1, 0.15) is 39.6 Å². The van der Waals surface area contributed by atoms with Gasteiger partial charge < -0.3 is 19.6 Å². The van der Waals surface area contributed by atoms with E-state index in [0.717, 1.165) is 23.3 Å². The molecule has 0 radical (unpaired) electrons. The van der Waals surface area contributed by atoms with Crippen LogP contribution in [0.5, 0.6) is 0 Å². The van der Waals surface area contributed by atoms with Crippen LogP contribution in [0.3, 0.4) is 0 Å². The fraction of sp³-hybridized carbons (Fsp3) is 0.300. The van der Waals surface area contributed by atoms with Crippen molar-refractivity contribution in [2.45, 2.75) is 38.4 Å². The normalized spacial score (nSPS) is 16.1. The zero-order valence-corrected chi connectivity index (χ0v) is 14.7. The number of aromatic nitrogens is 1. The van der Waals surface area contributed by atoms with Gasteiger partial charge in [-0.1, -0.05) is 17.3 Å². The molecule has 6 nitrogen and oxygen atoms in total. The van der Waals surface area contributed by atoms with Crippen molar-refractivity contribution in [3.63, 3.8) is 0 Å². The summed E-state index contributed by atoms with van der Waals surface area (Å²) in [6, 6.07) is 10.3. The lowest BCUT2D eigenvalue weighted by Gasteiger charge is -2.22. The number of carbonyl (C=O) groups excluding carboxylic acids is 1. The third kappa shape index (κ3) is 4.09. The topological polar surface area (TPSA) is 80.3 Å². The molecule has 0 bridgehead atoms. The van der Waals surface area contributed by atoms with E-state index in [-0.39, 0.29) is 17.8 Å². The standard InChI is InChI=1S/C20H20FN3O3/c21-14-4-1-3-13(9-14)11-22-15-6-7-18-17(10-15)19(24-27-18)20(25)23-12-16-5-2-8-26-16/h1-5,8-9,15,22H,6-7,10-12H2,(H,23,25). The van der Waals surface area contributed by atoms with E-state index in [1.165, 1.54) is 12.1 Å². The number of nitrogens with one attached hydrogen (secondary N) is 2. The molecule has 1 aliphatic carbocycles. The molecule has 1 aliphatic rings. The molecule has 7 heteroatoms. The number of rotatable bonds is 6. The van der Waals surface area contributed by atoms with Crippen LogP contribution >= 0.6 is 0 Å². The predicted molar refractivity (Wildman–Crippen MR) is 95.4 cm³/mol. The van der Waals surface area contributed by atoms with Crippen LogP contribution in [0.15, 0.2) is 51.6 Å². The number of nitrogens with zero attached hydrogens (tertiary/aromatic N) is 1. The second-order valence-electron chi connectivity index (χ2n) is 6.65. The van der Waals surface area contributed by atoms with Gasteiger partial charge in [0.1, 0.15) is 17.3 Å². The van der Waals surface area contributed by atoms with Gasteiger partial charge in [0.2, 0.25) is 0 Å². The molecule has 0 fully saturated rings. The number of fused-ring (bicyclic) bond motifs is 1. The molecule has 1 unspecified atom stereocenters. The first kappa shape index (κ1) is 17.5. The second-order valence-corrected chi connectivity index (χ2v) is 6.65. The molecule has 2 N–H and O–H groups in total. The summed E-state index contributed by atoms with van der Waals surface area (Å²) in [5.41, 5.74) is 2.06. The Balaban J connectivity index is 1.38. The maximum absolute atomic E-state index is 13.3. The largest absolute Gasteiger partial charge is 0.467 e. The molecule has 0 spiro atoms. The summed E-state index contributed by atoms with van der Waals surface area (Å²) in [5, 5.41) is 10.2. The minimum Gasteiger partial charge on any atom is -0.467 e. The lowest BCUT2D eigenvalue weighted by atomic mass is 9.91. The molecule has 2 heterocycles. The Hall–Kier alpha value is -2.93. The molecule has 1 atom stereocenters. The molecule has 4 rings (SSSR count). The Morgan fingerprint density at radius 1 is 1.26 bits per heavy atom. The Bertz CT molecular complexity index is 920. The lowest BCUT2D eigenvalue weighted by molar-refractivity contribution is 0.0938. The van der Waals surface area contributed by atoms with Gasteiger partial charge in [-0.05, 0) is 42.7 Å². The average Bonchev–Trinajstić information content (AvgIpc) is 3.34. The van der Waals surface area contributed by atoms with E-state index < -0.39 is 0 Å². The highest BCUT2D eigenvalue weighted by molar-refractivity contribution is 5.93. The Morgan fingerprint density at radius 2 is 2.19 bits per heavy atom. The van der Waals surface area contributed by atoms with Crippen LogP contribution < -0.4 is 10.6 Å². The van der Waals surface area contributed by atoms with Gasteiger partial charge in [-0.25, -0.2) is 4.39 Å². The van der Waals surface area contributed by atoms with E-state index >= 15 is 0 Å². The van der Waals surface area contributed by atoms with Crippen molar-refractivity contribution in [3.05, 3.63) is 76.8 Å². The number of halogens is 1. The molecule has 1 aromatic carbocycles. The van der Waals surface area contributed by atoms with Gasteiger partial charge in [0.25, 0.3) is 5.91 Å². The van der Waals surface area contributed by atoms with Crippen LogP contribution in [0.25, 0.3) is 0 Å². The molecule has 1 amide bonds. The van der Waals surface area contributed by atoms with Gasteiger partial charge >= 0.3 is 0 Å². The van der Waals surface area contributed by atoms with Gasteiger partial charge in [0.15, 0.2) is 5.69 Å². The summed E-state index contributed by atoms with van der Waals surface area (Å²) in [6.07, 6.45) is 3.81. The van der Waals surface area contributed by atoms with Crippen molar-refractivity contribution >= 4 is 5.91 Å². The van der Waals surface area contributed by atoms with Crippen LogP contribution in [-0.4, -0.2) is 17.1 Å². The zero-order chi connectivity index (χ0) is 18.6. The SMILES string of the molecule is O=C(NCc1ccco1)c1noc2c1CC(NCc1cccc(F)c1)CC2. The van der Waals surface area contributed by atoms with Crippen LogP contribution in [0.4, 0.5) is 4.39 Å². The van der Waals surface area contributed by atoms with E-state index in [1.807, 2.05) is 6.07 Å². The summed E-state index contributed by atoms with van der Waals surface area (Å²) in [5.74, 6) is 0.925. The van der Waals surface area contributed by atoms with E-state index in [0.29, 0.717) is 37.4 Å². The first-order valence-electron chi connectivity index (χ1n) is 8.95. The van der Waals surface area contributed by atoms with Gasteiger partial charge in [0, 0.05) is 24.6 Å². The smallest absolute Gasteiger partial charge is 0.274 e. The van der Waals surface area contributed by atoms with Crippen LogP contribution in [0.2, 0.25) is 0 Å². The third-order valence-electron chi connectivity index (χ3n) is 4.74. The summed E-state index contributed by atoms with van der Waals surface area (Å²) >= 11 is 0. The van der Waals surface area contributed by atoms with Crippen molar-refractivity contribution in [2.24, 2.45) is 0 Å². The van der Waals surface area contributed by atoms with Crippen molar-refractivity contribution in [2.75, 3.05) is 0 Å². The van der Waals surface area contributed by atoms with Crippen molar-refractivity contribution < 1.29 is 18.1 Å². The van der Waals surface area contributed by atoms with Crippen LogP contribution in [-0.2, 0) is 25.9 Å². The Morgan fingerprint density at radius 3 is 3.00 bits per heavy atom. The highest BCUT2D eigenvalue weighted by Gasteiger charge is 2.28. The van der Waals surface area contributed by atoms with E-state index in [9.17, 15) is 9.18 Å². The van der Waals surface area contributed by atoms with Crippen LogP contribution in [0, 0.1) is 5.82 Å². The van der Waals surface area contributed by atoms with Crippen molar-refractivity contribution in [1.82, 2.24) is 15.8 Å². The first-order valence-corrected chi connectivity index (χ1v) is 8.95. The minimum absolute atomic E-state index is 0.178. The fourth-order valence-corrected chi connectivity index (χ4v) is 3.33. The first-order chi connectivity index (χ1) is 13.2. The molecular weight excluding hydrogens is 349 g/mol. The molecule has 0 saturated carbocycles. The number of aryl methyl sites for hydroxylation is 1. The Labute approximate surface area is 155 Å². The molecule has 27 heavy (non-hydrogen) atoms. The number of carbonyl (C=O) groups is 1. The van der Waals surface area contributed by atoms with E-state index in [1.54, 1.807) is 24.5 Å². The van der Waals surface area contributed by atoms with Gasteiger partial charge in [-0.15, -0.1) is 0 Å². The zero-order valence-electron chi connectivity index (χ0n) is 14.7. The molecule has 3 aromatic rings. The number of furan rings is 1. The summed E-state index contributed by atoms with van der Waals surface area (Å²) < 4.78 is 23.9. The molecule has 0 aliphatic heterocycles. The lowest BCUT2D eigenvalue weighted by Crippen LogP contribution is -2.35. The van der Waals surface area contributed by atoms with Crippen molar-refractivity contribution in [3.8, 4) is 0 Å². The van der Waals surface area contributed by atoms with Gasteiger partial charge in [-0.2, -0.15) is 0 Å². The number of hydrogen-bond donors (Lipinski definition) is 2. The summed E-state index contributed by atoms with van der Waals surface area (Å²) in [6.45, 7) is 0.873. The maximum Gasteiger partial charge on any atom is 0.274 e. The fourth-order valence-electron chi connectivity index (χ4n) is 3.33. The van der Waals surface area contributed by atoms with Crippen molar-refractivity contribution in [1.29, 1.82) is 0 Å². The number of benzene rings is 1. The quantitative estimate of drug-likeness (QED) is 0.698. The van der Waals surface area contributed by atoms with E-state index in [2.05, 4.69) is 15.8 Å². The molecule has 0 saturated heterocycles. The highest BCUT2D eigenvalue weighted by Crippen LogP contribution is 2.25. The monoisotopic (exact) mass is 369 g/mol. The highest BCUT2D eigenvalue weighted by atomic mass is 19.1. The predicted octanol–water partition coefficient (Wildman–Crippen LogP) is 2.98. The summed E-state index contributed by atoms with van der Waals surface area (Å²) in [7, 11) is 0. The van der Waals surface area contributed by atoms with E-state index in [4.69, 9.17) is 8.94 Å². The Kier molecular flexibility index (Phi) is 5.02. The third-order valence-corrected chi connectivity index (χ3v) is 4.74. The second kappa shape index (κ2) is 7.75.